The number of ether oxygens (including phenoxy) is 1. The predicted molar refractivity (Wildman–Crippen MR) is 92.3 cm³/mol. The third kappa shape index (κ3) is 6.05. The van der Waals surface area contributed by atoms with Crippen molar-refractivity contribution in [1.29, 1.82) is 0 Å². The van der Waals surface area contributed by atoms with Crippen LogP contribution in [0.25, 0.3) is 0 Å². The van der Waals surface area contributed by atoms with E-state index in [9.17, 15) is 9.59 Å². The zero-order chi connectivity index (χ0) is 17.4. The Morgan fingerprint density at radius 2 is 1.61 bits per heavy atom. The van der Waals surface area contributed by atoms with E-state index in [-0.39, 0.29) is 24.4 Å². The highest BCUT2D eigenvalue weighted by molar-refractivity contribution is 5.83. The molecule has 128 valence electrons. The number of rotatable bonds is 8. The zero-order valence-electron chi connectivity index (χ0n) is 15.0. The number of benzene rings is 1. The molecule has 0 aromatic heterocycles. The van der Waals surface area contributed by atoms with Gasteiger partial charge in [-0.1, -0.05) is 38.1 Å². The van der Waals surface area contributed by atoms with Crippen molar-refractivity contribution in [2.75, 3.05) is 19.7 Å². The average molecular weight is 319 g/mol. The van der Waals surface area contributed by atoms with Gasteiger partial charge in [-0.15, -0.1) is 0 Å². The van der Waals surface area contributed by atoms with Crippen molar-refractivity contribution in [3.8, 4) is 0 Å². The topological polar surface area (TPSA) is 46.6 Å². The van der Waals surface area contributed by atoms with Crippen molar-refractivity contribution < 1.29 is 14.3 Å². The monoisotopic (exact) mass is 319 g/mol. The van der Waals surface area contributed by atoms with E-state index in [0.29, 0.717) is 19.0 Å². The minimum Gasteiger partial charge on any atom is -0.455 e. The molecule has 4 heteroatoms. The lowest BCUT2D eigenvalue weighted by molar-refractivity contribution is -0.152. The Bertz CT molecular complexity index is 504. The van der Waals surface area contributed by atoms with Crippen LogP contribution in [0.4, 0.5) is 0 Å². The summed E-state index contributed by atoms with van der Waals surface area (Å²) in [5.74, 6) is -0.271. The molecule has 0 bridgehead atoms. The number of likely N-dealkylation sites (N-methyl/N-ethyl adjacent to an activating group) is 1. The Kier molecular flexibility index (Phi) is 7.79. The van der Waals surface area contributed by atoms with E-state index in [1.165, 1.54) is 5.56 Å². The molecule has 0 saturated carbocycles. The molecule has 0 unspecified atom stereocenters. The fourth-order valence-electron chi connectivity index (χ4n) is 2.48. The van der Waals surface area contributed by atoms with E-state index < -0.39 is 0 Å². The van der Waals surface area contributed by atoms with Crippen LogP contribution in [-0.2, 0) is 20.7 Å². The molecule has 0 radical (unpaired) electrons. The largest absolute Gasteiger partial charge is 0.455 e. The van der Waals surface area contributed by atoms with Crippen molar-refractivity contribution >= 4 is 11.9 Å². The van der Waals surface area contributed by atoms with Gasteiger partial charge in [0.2, 0.25) is 0 Å². The summed E-state index contributed by atoms with van der Waals surface area (Å²) >= 11 is 0. The zero-order valence-corrected chi connectivity index (χ0v) is 15.0. The number of carbonyl (C=O) groups excluding carboxylic acids is 2. The maximum atomic E-state index is 12.1. The second-order valence-electron chi connectivity index (χ2n) is 6.23. The molecular formula is C19H29NO3. The third-order valence-electron chi connectivity index (χ3n) is 3.93. The number of esters is 1. The van der Waals surface area contributed by atoms with Gasteiger partial charge in [-0.25, -0.2) is 0 Å². The van der Waals surface area contributed by atoms with Crippen molar-refractivity contribution in [3.63, 3.8) is 0 Å². The summed E-state index contributed by atoms with van der Waals surface area (Å²) in [6.07, 6.45) is 1.03. The van der Waals surface area contributed by atoms with Gasteiger partial charge in [0.05, 0.1) is 5.92 Å². The molecule has 0 fully saturated rings. The van der Waals surface area contributed by atoms with Gasteiger partial charge in [0.1, 0.15) is 0 Å². The lowest BCUT2D eigenvalue weighted by atomic mass is 9.97. The molecule has 4 nitrogen and oxygen atoms in total. The van der Waals surface area contributed by atoms with Gasteiger partial charge < -0.3 is 9.64 Å². The summed E-state index contributed by atoms with van der Waals surface area (Å²) in [5, 5.41) is 0. The van der Waals surface area contributed by atoms with Gasteiger partial charge in [-0.2, -0.15) is 0 Å². The minimum absolute atomic E-state index is 0.150. The number of nitrogens with zero attached hydrogens (tertiary/aromatic N) is 1. The Labute approximate surface area is 139 Å². The quantitative estimate of drug-likeness (QED) is 0.690. The van der Waals surface area contributed by atoms with Crippen LogP contribution in [0.1, 0.15) is 51.7 Å². The van der Waals surface area contributed by atoms with Gasteiger partial charge in [0, 0.05) is 13.1 Å². The van der Waals surface area contributed by atoms with E-state index in [2.05, 4.69) is 26.0 Å². The van der Waals surface area contributed by atoms with Gasteiger partial charge in [-0.3, -0.25) is 9.59 Å². The molecule has 0 saturated heterocycles. The normalized spacial score (nSPS) is 12.1. The van der Waals surface area contributed by atoms with Gasteiger partial charge >= 0.3 is 5.97 Å². The molecule has 1 amide bonds. The van der Waals surface area contributed by atoms with Crippen LogP contribution in [0.5, 0.6) is 0 Å². The second-order valence-corrected chi connectivity index (χ2v) is 6.23. The number of amides is 1. The maximum absolute atomic E-state index is 12.1. The van der Waals surface area contributed by atoms with E-state index in [4.69, 9.17) is 4.74 Å². The van der Waals surface area contributed by atoms with Crippen LogP contribution in [0.15, 0.2) is 24.3 Å². The molecule has 1 rings (SSSR count). The van der Waals surface area contributed by atoms with Crippen LogP contribution >= 0.6 is 0 Å². The molecule has 1 aromatic rings. The predicted octanol–water partition coefficient (Wildman–Crippen LogP) is 3.40. The van der Waals surface area contributed by atoms with Crippen molar-refractivity contribution in [3.05, 3.63) is 35.4 Å². The maximum Gasteiger partial charge on any atom is 0.313 e. The van der Waals surface area contributed by atoms with Gasteiger partial charge in [0.15, 0.2) is 6.61 Å². The fraction of sp³-hybridized carbons (Fsp3) is 0.579. The summed E-state index contributed by atoms with van der Waals surface area (Å²) in [5.41, 5.74) is 2.18. The summed E-state index contributed by atoms with van der Waals surface area (Å²) in [4.78, 5) is 25.6. The molecule has 0 aliphatic carbocycles. The van der Waals surface area contributed by atoms with E-state index in [1.54, 1.807) is 4.90 Å². The van der Waals surface area contributed by atoms with Crippen LogP contribution in [0, 0.1) is 5.92 Å². The molecule has 0 N–H and O–H groups in total. The summed E-state index contributed by atoms with van der Waals surface area (Å²) < 4.78 is 5.17. The average Bonchev–Trinajstić information content (AvgIpc) is 2.53. The number of hydrogen-bond donors (Lipinski definition) is 0. The summed E-state index contributed by atoms with van der Waals surface area (Å²) in [6, 6.07) is 8.05. The lowest BCUT2D eigenvalue weighted by Gasteiger charge is -2.19. The molecule has 0 heterocycles. The number of carbonyl (C=O) groups is 2. The molecule has 1 aromatic carbocycles. The van der Waals surface area contributed by atoms with Gasteiger partial charge in [0.25, 0.3) is 5.91 Å². The lowest BCUT2D eigenvalue weighted by Crippen LogP contribution is -2.34. The molecule has 0 spiro atoms. The summed E-state index contributed by atoms with van der Waals surface area (Å²) in [7, 11) is 0. The van der Waals surface area contributed by atoms with Crippen molar-refractivity contribution in [2.24, 2.45) is 5.92 Å². The smallest absolute Gasteiger partial charge is 0.313 e. The highest BCUT2D eigenvalue weighted by Crippen LogP contribution is 2.19. The van der Waals surface area contributed by atoms with E-state index in [0.717, 1.165) is 12.0 Å². The Morgan fingerprint density at radius 3 is 2.09 bits per heavy atom. The SMILES string of the molecule is CCN(CC)C(=O)COC(=O)[C@H](C)c1ccc(CC(C)C)cc1. The van der Waals surface area contributed by atoms with Crippen LogP contribution in [0.2, 0.25) is 0 Å². The van der Waals surface area contributed by atoms with Crippen molar-refractivity contribution in [1.82, 2.24) is 4.90 Å². The van der Waals surface area contributed by atoms with E-state index in [1.807, 2.05) is 32.9 Å². The Hall–Kier alpha value is -1.84. The van der Waals surface area contributed by atoms with E-state index >= 15 is 0 Å². The second kappa shape index (κ2) is 9.33. The molecule has 1 atom stereocenters. The molecule has 0 aliphatic rings. The molecular weight excluding hydrogens is 290 g/mol. The first-order valence-corrected chi connectivity index (χ1v) is 8.42. The minimum atomic E-state index is -0.368. The highest BCUT2D eigenvalue weighted by Gasteiger charge is 2.19. The van der Waals surface area contributed by atoms with Crippen LogP contribution < -0.4 is 0 Å². The fourth-order valence-corrected chi connectivity index (χ4v) is 2.48. The first-order valence-electron chi connectivity index (χ1n) is 8.42. The van der Waals surface area contributed by atoms with Crippen molar-refractivity contribution in [2.45, 2.75) is 47.0 Å². The first-order chi connectivity index (χ1) is 10.9. The van der Waals surface area contributed by atoms with Gasteiger partial charge in [-0.05, 0) is 44.2 Å². The third-order valence-corrected chi connectivity index (χ3v) is 3.93. The Morgan fingerprint density at radius 1 is 1.04 bits per heavy atom. The summed E-state index contributed by atoms with van der Waals surface area (Å²) in [6.45, 7) is 11.0. The molecule has 23 heavy (non-hydrogen) atoms. The highest BCUT2D eigenvalue weighted by atomic mass is 16.5. The Balaban J connectivity index is 2.57. The van der Waals surface area contributed by atoms with Crippen LogP contribution in [0.3, 0.4) is 0 Å². The first kappa shape index (κ1) is 19.2. The molecule has 0 aliphatic heterocycles. The number of hydrogen-bond acceptors (Lipinski definition) is 3. The van der Waals surface area contributed by atoms with Crippen LogP contribution in [-0.4, -0.2) is 36.5 Å². The standard InChI is InChI=1S/C19H29NO3/c1-6-20(7-2)18(21)13-23-19(22)15(5)17-10-8-16(9-11-17)12-14(3)4/h8-11,14-15H,6-7,12-13H2,1-5H3/t15-/m1/s1.